The Morgan fingerprint density at radius 2 is 1.94 bits per heavy atom. The van der Waals surface area contributed by atoms with Crippen LogP contribution in [0.4, 0.5) is 0 Å². The summed E-state index contributed by atoms with van der Waals surface area (Å²) in [7, 11) is 0. The standard InChI is InChI=1S/C15H30N2O/c1-3-4-13-7-9-17(10-8-13)14(11-16)15-6-5-12(2)18-15/h12-15H,3-11,16H2,1-2H3. The molecule has 0 aromatic rings. The maximum absolute atomic E-state index is 6.02. The normalized spacial score (nSPS) is 32.8. The van der Waals surface area contributed by atoms with E-state index >= 15 is 0 Å². The van der Waals surface area contributed by atoms with E-state index in [1.54, 1.807) is 0 Å². The number of piperidine rings is 1. The Balaban J connectivity index is 1.82. The Bertz CT molecular complexity index is 239. The lowest BCUT2D eigenvalue weighted by Gasteiger charge is -2.39. The summed E-state index contributed by atoms with van der Waals surface area (Å²) in [6.45, 7) is 7.67. The molecule has 106 valence electrons. The van der Waals surface area contributed by atoms with Crippen molar-refractivity contribution < 1.29 is 4.74 Å². The third-order valence-corrected chi connectivity index (χ3v) is 4.75. The van der Waals surface area contributed by atoms with E-state index in [9.17, 15) is 0 Å². The minimum absolute atomic E-state index is 0.382. The highest BCUT2D eigenvalue weighted by Gasteiger charge is 2.34. The summed E-state index contributed by atoms with van der Waals surface area (Å²) in [5.41, 5.74) is 6.00. The zero-order chi connectivity index (χ0) is 13.0. The number of rotatable bonds is 5. The lowest BCUT2D eigenvalue weighted by molar-refractivity contribution is -0.0140. The second-order valence-corrected chi connectivity index (χ2v) is 6.13. The molecule has 2 rings (SSSR count). The molecule has 0 amide bonds. The first-order valence-electron chi connectivity index (χ1n) is 7.84. The Kier molecular flexibility index (Phi) is 5.46. The molecule has 0 saturated carbocycles. The molecule has 2 aliphatic heterocycles. The molecule has 0 aromatic heterocycles. The van der Waals surface area contributed by atoms with E-state index in [0.29, 0.717) is 18.2 Å². The fourth-order valence-corrected chi connectivity index (χ4v) is 3.63. The lowest BCUT2D eigenvalue weighted by atomic mass is 9.91. The Morgan fingerprint density at radius 1 is 1.22 bits per heavy atom. The fraction of sp³-hybridized carbons (Fsp3) is 1.00. The van der Waals surface area contributed by atoms with Crippen LogP contribution < -0.4 is 5.73 Å². The summed E-state index contributed by atoms with van der Waals surface area (Å²) in [4.78, 5) is 2.59. The van der Waals surface area contributed by atoms with Crippen molar-refractivity contribution in [3.63, 3.8) is 0 Å². The number of nitrogens with two attached hydrogens (primary N) is 1. The second kappa shape index (κ2) is 6.88. The van der Waals surface area contributed by atoms with Gasteiger partial charge in [0.1, 0.15) is 0 Å². The summed E-state index contributed by atoms with van der Waals surface area (Å²) in [5, 5.41) is 0. The van der Waals surface area contributed by atoms with Gasteiger partial charge in [-0.15, -0.1) is 0 Å². The van der Waals surface area contributed by atoms with Gasteiger partial charge in [-0.25, -0.2) is 0 Å². The molecular formula is C15H30N2O. The second-order valence-electron chi connectivity index (χ2n) is 6.13. The van der Waals surface area contributed by atoms with Gasteiger partial charge in [-0.1, -0.05) is 19.8 Å². The largest absolute Gasteiger partial charge is 0.374 e. The molecule has 0 bridgehead atoms. The van der Waals surface area contributed by atoms with Gasteiger partial charge in [0.15, 0.2) is 0 Å². The molecule has 2 fully saturated rings. The van der Waals surface area contributed by atoms with Gasteiger partial charge in [0.2, 0.25) is 0 Å². The average molecular weight is 254 g/mol. The summed E-state index contributed by atoms with van der Waals surface area (Å²) in [5.74, 6) is 0.952. The number of ether oxygens (including phenoxy) is 1. The first-order valence-corrected chi connectivity index (χ1v) is 7.84. The predicted octanol–water partition coefficient (Wildman–Crippen LogP) is 2.39. The number of hydrogen-bond acceptors (Lipinski definition) is 3. The van der Waals surface area contributed by atoms with Crippen molar-refractivity contribution in [2.45, 2.75) is 70.6 Å². The van der Waals surface area contributed by atoms with Crippen LogP contribution in [0.5, 0.6) is 0 Å². The SMILES string of the molecule is CCCC1CCN(C(CN)C2CCC(C)O2)CC1. The topological polar surface area (TPSA) is 38.5 Å². The maximum atomic E-state index is 6.02. The van der Waals surface area contributed by atoms with E-state index in [1.165, 1.54) is 51.6 Å². The van der Waals surface area contributed by atoms with Crippen LogP contribution in [0.15, 0.2) is 0 Å². The van der Waals surface area contributed by atoms with Gasteiger partial charge in [-0.2, -0.15) is 0 Å². The molecule has 3 unspecified atom stereocenters. The maximum Gasteiger partial charge on any atom is 0.0747 e. The molecule has 2 saturated heterocycles. The smallest absolute Gasteiger partial charge is 0.0747 e. The van der Waals surface area contributed by atoms with E-state index in [-0.39, 0.29) is 0 Å². The van der Waals surface area contributed by atoms with E-state index < -0.39 is 0 Å². The summed E-state index contributed by atoms with van der Waals surface area (Å²) in [6.07, 6.45) is 8.64. The summed E-state index contributed by atoms with van der Waals surface area (Å²) < 4.78 is 6.02. The van der Waals surface area contributed by atoms with Gasteiger partial charge in [-0.3, -0.25) is 4.90 Å². The third kappa shape index (κ3) is 3.46. The van der Waals surface area contributed by atoms with Crippen LogP contribution in [0.3, 0.4) is 0 Å². The highest BCUT2D eigenvalue weighted by atomic mass is 16.5. The quantitative estimate of drug-likeness (QED) is 0.819. The fourth-order valence-electron chi connectivity index (χ4n) is 3.63. The molecule has 0 spiro atoms. The van der Waals surface area contributed by atoms with E-state index in [2.05, 4.69) is 18.7 Å². The summed E-state index contributed by atoms with van der Waals surface area (Å²) >= 11 is 0. The van der Waals surface area contributed by atoms with Crippen molar-refractivity contribution in [2.24, 2.45) is 11.7 Å². The van der Waals surface area contributed by atoms with Crippen LogP contribution in [-0.4, -0.2) is 42.8 Å². The Morgan fingerprint density at radius 3 is 2.44 bits per heavy atom. The minimum Gasteiger partial charge on any atom is -0.374 e. The van der Waals surface area contributed by atoms with Gasteiger partial charge < -0.3 is 10.5 Å². The molecule has 2 N–H and O–H groups in total. The van der Waals surface area contributed by atoms with Gasteiger partial charge in [0.25, 0.3) is 0 Å². The zero-order valence-corrected chi connectivity index (χ0v) is 12.1. The molecule has 2 aliphatic rings. The van der Waals surface area contributed by atoms with Crippen LogP contribution in [0.2, 0.25) is 0 Å². The molecule has 0 radical (unpaired) electrons. The molecule has 0 aromatic carbocycles. The molecule has 18 heavy (non-hydrogen) atoms. The molecular weight excluding hydrogens is 224 g/mol. The van der Waals surface area contributed by atoms with Gasteiger partial charge in [0, 0.05) is 12.6 Å². The highest BCUT2D eigenvalue weighted by Crippen LogP contribution is 2.28. The number of nitrogens with zero attached hydrogens (tertiary/aromatic N) is 1. The van der Waals surface area contributed by atoms with Crippen molar-refractivity contribution in [3.05, 3.63) is 0 Å². The first-order chi connectivity index (χ1) is 8.74. The van der Waals surface area contributed by atoms with Gasteiger partial charge in [-0.05, 0) is 51.6 Å². The van der Waals surface area contributed by atoms with E-state index in [4.69, 9.17) is 10.5 Å². The molecule has 3 nitrogen and oxygen atoms in total. The minimum atomic E-state index is 0.382. The zero-order valence-electron chi connectivity index (χ0n) is 12.1. The van der Waals surface area contributed by atoms with Crippen molar-refractivity contribution in [3.8, 4) is 0 Å². The number of likely N-dealkylation sites (tertiary alicyclic amines) is 1. The Hall–Kier alpha value is -0.120. The summed E-state index contributed by atoms with van der Waals surface area (Å²) in [6, 6.07) is 0.456. The van der Waals surface area contributed by atoms with E-state index in [1.807, 2.05) is 0 Å². The van der Waals surface area contributed by atoms with Crippen molar-refractivity contribution in [2.75, 3.05) is 19.6 Å². The van der Waals surface area contributed by atoms with Crippen molar-refractivity contribution in [1.29, 1.82) is 0 Å². The predicted molar refractivity (Wildman–Crippen MR) is 75.6 cm³/mol. The van der Waals surface area contributed by atoms with Crippen LogP contribution in [-0.2, 0) is 4.74 Å². The molecule has 0 aliphatic carbocycles. The number of hydrogen-bond donors (Lipinski definition) is 1. The average Bonchev–Trinajstić information content (AvgIpc) is 2.79. The Labute approximate surface area is 112 Å². The van der Waals surface area contributed by atoms with Gasteiger partial charge in [0.05, 0.1) is 12.2 Å². The third-order valence-electron chi connectivity index (χ3n) is 4.75. The van der Waals surface area contributed by atoms with Crippen LogP contribution in [0, 0.1) is 5.92 Å². The monoisotopic (exact) mass is 254 g/mol. The molecule has 2 heterocycles. The molecule has 3 atom stereocenters. The van der Waals surface area contributed by atoms with Crippen molar-refractivity contribution in [1.82, 2.24) is 4.90 Å². The van der Waals surface area contributed by atoms with Crippen molar-refractivity contribution >= 4 is 0 Å². The van der Waals surface area contributed by atoms with Crippen LogP contribution in [0.1, 0.15) is 52.4 Å². The molecule has 3 heteroatoms. The van der Waals surface area contributed by atoms with E-state index in [0.717, 1.165) is 12.5 Å². The van der Waals surface area contributed by atoms with Crippen LogP contribution >= 0.6 is 0 Å². The lowest BCUT2D eigenvalue weighted by Crippen LogP contribution is -2.51. The van der Waals surface area contributed by atoms with Crippen LogP contribution in [0.25, 0.3) is 0 Å². The highest BCUT2D eigenvalue weighted by molar-refractivity contribution is 4.88. The van der Waals surface area contributed by atoms with Gasteiger partial charge >= 0.3 is 0 Å². The first kappa shape index (κ1) is 14.3.